The van der Waals surface area contributed by atoms with Gasteiger partial charge >= 0.3 is 0 Å². The van der Waals surface area contributed by atoms with Crippen LogP contribution in [-0.2, 0) is 25.7 Å². The number of carbonyl (C=O) groups excluding carboxylic acids is 2. The van der Waals surface area contributed by atoms with E-state index in [1.165, 1.54) is 7.11 Å². The van der Waals surface area contributed by atoms with Crippen LogP contribution in [0.5, 0.6) is 0 Å². The summed E-state index contributed by atoms with van der Waals surface area (Å²) >= 11 is 0. The first-order valence-corrected chi connectivity index (χ1v) is 9.73. The number of aromatic nitrogens is 1. The van der Waals surface area contributed by atoms with E-state index < -0.39 is 0 Å². The molecule has 148 valence electrons. The fourth-order valence-electron chi connectivity index (χ4n) is 3.82. The van der Waals surface area contributed by atoms with Gasteiger partial charge in [-0.2, -0.15) is 0 Å². The molecule has 3 rings (SSSR count). The van der Waals surface area contributed by atoms with E-state index in [1.54, 1.807) is 11.1 Å². The van der Waals surface area contributed by atoms with Crippen LogP contribution in [0.4, 0.5) is 0 Å². The monoisotopic (exact) mass is 375 g/mol. The highest BCUT2D eigenvalue weighted by Crippen LogP contribution is 2.23. The van der Waals surface area contributed by atoms with E-state index in [0.717, 1.165) is 37.8 Å². The highest BCUT2D eigenvalue weighted by Gasteiger charge is 2.32. The lowest BCUT2D eigenvalue weighted by atomic mass is 9.94. The first-order valence-electron chi connectivity index (χ1n) is 9.73. The second kappa shape index (κ2) is 9.80. The summed E-state index contributed by atoms with van der Waals surface area (Å²) in [6, 6.07) is 3.90. The Hall–Kier alpha value is -1.99. The SMILES string of the molecule is COCC(=O)N1CCC(C(=O)N2CCC[C@H](OCc3cccnc3)C2)CC1. The zero-order chi connectivity index (χ0) is 19.1. The first-order chi connectivity index (χ1) is 13.2. The average molecular weight is 375 g/mol. The number of hydrogen-bond donors (Lipinski definition) is 0. The van der Waals surface area contributed by atoms with Gasteiger partial charge in [0.15, 0.2) is 0 Å². The number of methoxy groups -OCH3 is 1. The molecule has 7 heteroatoms. The second-order valence-electron chi connectivity index (χ2n) is 7.31. The van der Waals surface area contributed by atoms with Crippen molar-refractivity contribution in [3.8, 4) is 0 Å². The minimum Gasteiger partial charge on any atom is -0.375 e. The largest absolute Gasteiger partial charge is 0.375 e. The van der Waals surface area contributed by atoms with E-state index in [0.29, 0.717) is 26.2 Å². The summed E-state index contributed by atoms with van der Waals surface area (Å²) < 4.78 is 10.9. The lowest BCUT2D eigenvalue weighted by Gasteiger charge is -2.37. The number of rotatable bonds is 6. The van der Waals surface area contributed by atoms with Gasteiger partial charge in [-0.3, -0.25) is 14.6 Å². The average Bonchev–Trinajstić information content (AvgIpc) is 2.73. The molecule has 2 saturated heterocycles. The standard InChI is InChI=1S/C20H29N3O4/c1-26-15-19(24)22-10-6-17(7-11-22)20(25)23-9-3-5-18(13-23)27-14-16-4-2-8-21-12-16/h2,4,8,12,17-18H,3,5-7,9-11,13-15H2,1H3/t18-/m0/s1. The fourth-order valence-corrected chi connectivity index (χ4v) is 3.82. The maximum atomic E-state index is 12.9. The Morgan fingerprint density at radius 1 is 1.19 bits per heavy atom. The Kier molecular flexibility index (Phi) is 7.18. The number of pyridine rings is 1. The van der Waals surface area contributed by atoms with E-state index in [1.807, 2.05) is 23.2 Å². The van der Waals surface area contributed by atoms with Crippen molar-refractivity contribution in [1.29, 1.82) is 0 Å². The third-order valence-electron chi connectivity index (χ3n) is 5.36. The Balaban J connectivity index is 1.45. The third kappa shape index (κ3) is 5.49. The van der Waals surface area contributed by atoms with Crippen LogP contribution in [0.25, 0.3) is 0 Å². The lowest BCUT2D eigenvalue weighted by molar-refractivity contribution is -0.145. The lowest BCUT2D eigenvalue weighted by Crippen LogP contribution is -2.49. The molecule has 2 aliphatic heterocycles. The maximum Gasteiger partial charge on any atom is 0.248 e. The molecule has 7 nitrogen and oxygen atoms in total. The number of amides is 2. The minimum atomic E-state index is 0.00485. The highest BCUT2D eigenvalue weighted by atomic mass is 16.5. The quantitative estimate of drug-likeness (QED) is 0.753. The number of nitrogens with zero attached hydrogens (tertiary/aromatic N) is 3. The summed E-state index contributed by atoms with van der Waals surface area (Å²) in [5, 5.41) is 0. The summed E-state index contributed by atoms with van der Waals surface area (Å²) in [5.74, 6) is 0.224. The molecule has 0 spiro atoms. The predicted molar refractivity (Wildman–Crippen MR) is 99.8 cm³/mol. The van der Waals surface area contributed by atoms with Crippen molar-refractivity contribution < 1.29 is 19.1 Å². The van der Waals surface area contributed by atoms with Crippen molar-refractivity contribution in [2.24, 2.45) is 5.92 Å². The van der Waals surface area contributed by atoms with Gasteiger partial charge in [0.05, 0.1) is 12.7 Å². The number of likely N-dealkylation sites (tertiary alicyclic amines) is 2. The van der Waals surface area contributed by atoms with Crippen LogP contribution in [0.2, 0.25) is 0 Å². The Labute approximate surface area is 160 Å². The van der Waals surface area contributed by atoms with Crippen LogP contribution in [-0.4, -0.2) is 72.6 Å². The van der Waals surface area contributed by atoms with Crippen LogP contribution in [0.15, 0.2) is 24.5 Å². The molecule has 0 bridgehead atoms. The summed E-state index contributed by atoms with van der Waals surface area (Å²) in [5.41, 5.74) is 1.05. The Bertz CT molecular complexity index is 617. The maximum absolute atomic E-state index is 12.9. The van der Waals surface area contributed by atoms with Gasteiger partial charge in [0, 0.05) is 51.6 Å². The summed E-state index contributed by atoms with van der Waals surface area (Å²) in [7, 11) is 1.53. The summed E-state index contributed by atoms with van der Waals surface area (Å²) in [4.78, 5) is 32.7. The molecule has 0 N–H and O–H groups in total. The molecule has 2 fully saturated rings. The normalized spacial score (nSPS) is 21.3. The molecular weight excluding hydrogens is 346 g/mol. The van der Waals surface area contributed by atoms with Crippen LogP contribution in [0, 0.1) is 5.92 Å². The molecule has 2 amide bonds. The molecule has 0 radical (unpaired) electrons. The molecule has 3 heterocycles. The number of ether oxygens (including phenoxy) is 2. The Morgan fingerprint density at radius 3 is 2.70 bits per heavy atom. The smallest absolute Gasteiger partial charge is 0.248 e. The molecule has 2 aliphatic rings. The van der Waals surface area contributed by atoms with Crippen molar-refractivity contribution in [3.63, 3.8) is 0 Å². The van der Waals surface area contributed by atoms with E-state index >= 15 is 0 Å². The molecular formula is C20H29N3O4. The van der Waals surface area contributed by atoms with Crippen LogP contribution < -0.4 is 0 Å². The van der Waals surface area contributed by atoms with E-state index in [-0.39, 0.29) is 30.4 Å². The number of hydrogen-bond acceptors (Lipinski definition) is 5. The molecule has 0 unspecified atom stereocenters. The van der Waals surface area contributed by atoms with Gasteiger partial charge in [-0.1, -0.05) is 6.07 Å². The Morgan fingerprint density at radius 2 is 2.00 bits per heavy atom. The van der Waals surface area contributed by atoms with Gasteiger partial charge in [0.1, 0.15) is 6.61 Å². The number of piperidine rings is 2. The van der Waals surface area contributed by atoms with Crippen molar-refractivity contribution in [1.82, 2.24) is 14.8 Å². The van der Waals surface area contributed by atoms with Crippen LogP contribution in [0.3, 0.4) is 0 Å². The second-order valence-corrected chi connectivity index (χ2v) is 7.31. The summed E-state index contributed by atoms with van der Waals surface area (Å²) in [6.45, 7) is 3.36. The molecule has 1 atom stereocenters. The predicted octanol–water partition coefficient (Wildman–Crippen LogP) is 1.47. The fraction of sp³-hybridized carbons (Fsp3) is 0.650. The van der Waals surface area contributed by atoms with E-state index in [9.17, 15) is 9.59 Å². The van der Waals surface area contributed by atoms with Crippen molar-refractivity contribution in [3.05, 3.63) is 30.1 Å². The molecule has 27 heavy (non-hydrogen) atoms. The summed E-state index contributed by atoms with van der Waals surface area (Å²) in [6.07, 6.45) is 7.04. The molecule has 0 saturated carbocycles. The number of carbonyl (C=O) groups is 2. The molecule has 1 aromatic heterocycles. The van der Waals surface area contributed by atoms with E-state index in [4.69, 9.17) is 9.47 Å². The van der Waals surface area contributed by atoms with Gasteiger partial charge in [0.2, 0.25) is 11.8 Å². The van der Waals surface area contributed by atoms with Gasteiger partial charge in [-0.15, -0.1) is 0 Å². The highest BCUT2D eigenvalue weighted by molar-refractivity contribution is 5.80. The topological polar surface area (TPSA) is 72.0 Å². The van der Waals surface area contributed by atoms with Gasteiger partial charge in [0.25, 0.3) is 0 Å². The van der Waals surface area contributed by atoms with Crippen molar-refractivity contribution in [2.75, 3.05) is 39.9 Å². The van der Waals surface area contributed by atoms with Crippen LogP contribution >= 0.6 is 0 Å². The first kappa shape index (κ1) is 19.8. The van der Waals surface area contributed by atoms with Gasteiger partial charge in [-0.05, 0) is 37.3 Å². The van der Waals surface area contributed by atoms with Crippen LogP contribution in [0.1, 0.15) is 31.2 Å². The molecule has 0 aliphatic carbocycles. The van der Waals surface area contributed by atoms with Gasteiger partial charge in [-0.25, -0.2) is 0 Å². The van der Waals surface area contributed by atoms with E-state index in [2.05, 4.69) is 4.98 Å². The van der Waals surface area contributed by atoms with Gasteiger partial charge < -0.3 is 19.3 Å². The third-order valence-corrected chi connectivity index (χ3v) is 5.36. The molecule has 0 aromatic carbocycles. The zero-order valence-corrected chi connectivity index (χ0v) is 16.0. The molecule has 1 aromatic rings. The van der Waals surface area contributed by atoms with Crippen molar-refractivity contribution in [2.45, 2.75) is 38.4 Å². The minimum absolute atomic E-state index is 0.00485. The zero-order valence-electron chi connectivity index (χ0n) is 16.0. The van der Waals surface area contributed by atoms with Crippen molar-refractivity contribution >= 4 is 11.8 Å².